The summed E-state index contributed by atoms with van der Waals surface area (Å²) in [5.41, 5.74) is 7.80. The third-order valence-electron chi connectivity index (χ3n) is 2.42. The molecule has 1 aromatic rings. The molecule has 1 aromatic carbocycles. The van der Waals surface area contributed by atoms with Crippen molar-refractivity contribution in [3.05, 3.63) is 23.8 Å². The van der Waals surface area contributed by atoms with E-state index < -0.39 is 6.23 Å². The first-order valence-electron chi connectivity index (χ1n) is 5.04. The molecule has 4 nitrogen and oxygen atoms in total. The van der Waals surface area contributed by atoms with Crippen LogP contribution in [0.4, 0.5) is 11.4 Å². The molecule has 0 aliphatic rings. The smallest absolute Gasteiger partial charge is 0.124 e. The van der Waals surface area contributed by atoms with E-state index in [9.17, 15) is 5.11 Å². The van der Waals surface area contributed by atoms with Crippen LogP contribution >= 0.6 is 0 Å². The van der Waals surface area contributed by atoms with Crippen LogP contribution in [0.1, 0.15) is 19.4 Å². The van der Waals surface area contributed by atoms with E-state index in [4.69, 9.17) is 10.8 Å². The second-order valence-electron chi connectivity index (χ2n) is 3.46. The molecule has 0 saturated heterocycles. The zero-order chi connectivity index (χ0) is 11.4. The molecule has 0 fully saturated rings. The van der Waals surface area contributed by atoms with Crippen molar-refractivity contribution >= 4 is 11.4 Å². The zero-order valence-corrected chi connectivity index (χ0v) is 9.14. The number of nitrogens with zero attached hydrogens (tertiary/aromatic N) is 1. The Kier molecular flexibility index (Phi) is 3.94. The molecule has 0 aromatic heterocycles. The van der Waals surface area contributed by atoms with Gasteiger partial charge in [-0.3, -0.25) is 0 Å². The average Bonchev–Trinajstić information content (AvgIpc) is 2.21. The monoisotopic (exact) mass is 210 g/mol. The fraction of sp³-hybridized carbons (Fsp3) is 0.455. The first-order chi connectivity index (χ1) is 7.10. The van der Waals surface area contributed by atoms with Gasteiger partial charge in [0.1, 0.15) is 6.23 Å². The van der Waals surface area contributed by atoms with Gasteiger partial charge in [0.25, 0.3) is 0 Å². The molecule has 4 N–H and O–H groups in total. The van der Waals surface area contributed by atoms with E-state index >= 15 is 0 Å². The molecule has 0 heterocycles. The van der Waals surface area contributed by atoms with Crippen LogP contribution in [0.2, 0.25) is 0 Å². The summed E-state index contributed by atoms with van der Waals surface area (Å²) in [6.07, 6.45) is -0.551. The van der Waals surface area contributed by atoms with Crippen molar-refractivity contribution in [1.29, 1.82) is 0 Å². The van der Waals surface area contributed by atoms with E-state index in [1.807, 2.05) is 17.9 Å². The number of nitrogens with two attached hydrogens (primary N) is 1. The summed E-state index contributed by atoms with van der Waals surface area (Å²) in [7, 11) is 0. The van der Waals surface area contributed by atoms with Gasteiger partial charge in [-0.2, -0.15) is 0 Å². The molecule has 0 aliphatic heterocycles. The van der Waals surface area contributed by atoms with Gasteiger partial charge in [0.05, 0.1) is 6.61 Å². The normalized spacial score (nSPS) is 12.5. The van der Waals surface area contributed by atoms with Gasteiger partial charge in [-0.1, -0.05) is 0 Å². The minimum Gasteiger partial charge on any atom is -0.398 e. The van der Waals surface area contributed by atoms with Gasteiger partial charge in [-0.25, -0.2) is 0 Å². The zero-order valence-electron chi connectivity index (χ0n) is 9.14. The van der Waals surface area contributed by atoms with Crippen molar-refractivity contribution in [2.45, 2.75) is 26.7 Å². The Morgan fingerprint density at radius 1 is 1.47 bits per heavy atom. The largest absolute Gasteiger partial charge is 0.398 e. The van der Waals surface area contributed by atoms with Gasteiger partial charge in [-0.05, 0) is 32.0 Å². The summed E-state index contributed by atoms with van der Waals surface area (Å²) in [6, 6.07) is 5.38. The lowest BCUT2D eigenvalue weighted by molar-refractivity contribution is 0.190. The quantitative estimate of drug-likeness (QED) is 0.510. The average molecular weight is 210 g/mol. The predicted octanol–water partition coefficient (Wildman–Crippen LogP) is 0.926. The van der Waals surface area contributed by atoms with Crippen molar-refractivity contribution < 1.29 is 10.2 Å². The van der Waals surface area contributed by atoms with Gasteiger partial charge in [0.15, 0.2) is 0 Å². The molecule has 1 rings (SSSR count). The van der Waals surface area contributed by atoms with E-state index in [0.717, 1.165) is 5.69 Å². The van der Waals surface area contributed by atoms with Crippen LogP contribution in [0.25, 0.3) is 0 Å². The van der Waals surface area contributed by atoms with Gasteiger partial charge in [0.2, 0.25) is 0 Å². The summed E-state index contributed by atoms with van der Waals surface area (Å²) in [6.45, 7) is 4.28. The fourth-order valence-electron chi connectivity index (χ4n) is 1.57. The van der Waals surface area contributed by atoms with Gasteiger partial charge in [0, 0.05) is 23.5 Å². The highest BCUT2D eigenvalue weighted by atomic mass is 16.3. The Morgan fingerprint density at radius 3 is 2.60 bits per heavy atom. The van der Waals surface area contributed by atoms with Crippen molar-refractivity contribution in [3.63, 3.8) is 0 Å². The van der Waals surface area contributed by atoms with Gasteiger partial charge < -0.3 is 20.8 Å². The molecule has 0 aliphatic carbocycles. The molecule has 84 valence electrons. The second-order valence-corrected chi connectivity index (χ2v) is 3.46. The number of anilines is 2. The topological polar surface area (TPSA) is 69.7 Å². The highest BCUT2D eigenvalue weighted by Gasteiger charge is 2.10. The number of hydrogen-bond acceptors (Lipinski definition) is 4. The molecule has 0 radical (unpaired) electrons. The third kappa shape index (κ3) is 2.61. The third-order valence-corrected chi connectivity index (χ3v) is 2.42. The molecule has 1 atom stereocenters. The summed E-state index contributed by atoms with van der Waals surface area (Å²) in [4.78, 5) is 1.82. The summed E-state index contributed by atoms with van der Waals surface area (Å²) < 4.78 is 0. The Hall–Kier alpha value is -1.26. The van der Waals surface area contributed by atoms with Crippen molar-refractivity contribution in [3.8, 4) is 0 Å². The first kappa shape index (κ1) is 11.8. The maximum atomic E-state index is 9.53. The van der Waals surface area contributed by atoms with E-state index in [-0.39, 0.29) is 6.61 Å². The SMILES string of the molecule is CCN(c1ccc(N)c(CO)c1)C(C)O. The van der Waals surface area contributed by atoms with Crippen LogP contribution in [0.15, 0.2) is 18.2 Å². The second kappa shape index (κ2) is 5.00. The number of benzene rings is 1. The Morgan fingerprint density at radius 2 is 2.13 bits per heavy atom. The first-order valence-corrected chi connectivity index (χ1v) is 5.04. The van der Waals surface area contributed by atoms with E-state index in [1.54, 1.807) is 19.1 Å². The Labute approximate surface area is 89.9 Å². The number of aliphatic hydroxyl groups excluding tert-OH is 2. The lowest BCUT2D eigenvalue weighted by Crippen LogP contribution is -2.32. The standard InChI is InChI=1S/C11H18N2O2/c1-3-13(8(2)15)10-4-5-11(12)9(6-10)7-14/h4-6,8,14-15H,3,7,12H2,1-2H3. The lowest BCUT2D eigenvalue weighted by Gasteiger charge is -2.26. The Bertz CT molecular complexity index is 326. The van der Waals surface area contributed by atoms with E-state index in [0.29, 0.717) is 17.8 Å². The van der Waals surface area contributed by atoms with Gasteiger partial charge in [-0.15, -0.1) is 0 Å². The summed E-state index contributed by atoms with van der Waals surface area (Å²) in [5.74, 6) is 0. The van der Waals surface area contributed by atoms with Crippen LogP contribution in [0.5, 0.6) is 0 Å². The molecule has 1 unspecified atom stereocenters. The minimum atomic E-state index is -0.551. The van der Waals surface area contributed by atoms with Gasteiger partial charge >= 0.3 is 0 Å². The molecular formula is C11H18N2O2. The van der Waals surface area contributed by atoms with Crippen molar-refractivity contribution in [2.75, 3.05) is 17.2 Å². The molecule has 0 bridgehead atoms. The van der Waals surface area contributed by atoms with Crippen LogP contribution in [-0.4, -0.2) is 23.0 Å². The summed E-state index contributed by atoms with van der Waals surface area (Å²) in [5, 5.41) is 18.6. The fourth-order valence-corrected chi connectivity index (χ4v) is 1.57. The summed E-state index contributed by atoms with van der Waals surface area (Å²) >= 11 is 0. The maximum absolute atomic E-state index is 9.53. The maximum Gasteiger partial charge on any atom is 0.124 e. The molecule has 0 spiro atoms. The van der Waals surface area contributed by atoms with E-state index in [1.165, 1.54) is 0 Å². The van der Waals surface area contributed by atoms with Crippen molar-refractivity contribution in [2.24, 2.45) is 0 Å². The van der Waals surface area contributed by atoms with Crippen LogP contribution in [0, 0.1) is 0 Å². The number of nitrogen functional groups attached to an aromatic ring is 1. The number of hydrogen-bond donors (Lipinski definition) is 3. The number of aliphatic hydroxyl groups is 2. The molecular weight excluding hydrogens is 192 g/mol. The van der Waals surface area contributed by atoms with E-state index in [2.05, 4.69) is 0 Å². The molecule has 0 amide bonds. The number of rotatable bonds is 4. The van der Waals surface area contributed by atoms with Crippen LogP contribution in [-0.2, 0) is 6.61 Å². The molecule has 4 heteroatoms. The highest BCUT2D eigenvalue weighted by Crippen LogP contribution is 2.22. The lowest BCUT2D eigenvalue weighted by atomic mass is 10.1. The molecule has 15 heavy (non-hydrogen) atoms. The van der Waals surface area contributed by atoms with Crippen LogP contribution < -0.4 is 10.6 Å². The molecule has 0 saturated carbocycles. The van der Waals surface area contributed by atoms with Crippen molar-refractivity contribution in [1.82, 2.24) is 0 Å². The highest BCUT2D eigenvalue weighted by molar-refractivity contribution is 5.58. The minimum absolute atomic E-state index is 0.0863. The van der Waals surface area contributed by atoms with Crippen LogP contribution in [0.3, 0.4) is 0 Å². The predicted molar refractivity (Wildman–Crippen MR) is 61.5 cm³/mol. The Balaban J connectivity index is 3.03.